The molecule has 0 aliphatic carbocycles. The molecular formula is C20H24FN4O4S2+. The molecule has 0 radical (unpaired) electrons. The molecule has 1 aromatic carbocycles. The smallest absolute Gasteiger partial charge is 0.349 e. The van der Waals surface area contributed by atoms with E-state index in [0.29, 0.717) is 29.4 Å². The number of fused-ring (bicyclic) bond motifs is 1. The Balaban J connectivity index is 1.84. The van der Waals surface area contributed by atoms with Gasteiger partial charge in [0.15, 0.2) is 23.9 Å². The van der Waals surface area contributed by atoms with E-state index < -0.39 is 22.0 Å². The molecule has 2 aromatic rings. The number of methoxy groups -OCH3 is 1. The topological polar surface area (TPSA) is 105 Å². The molecule has 31 heavy (non-hydrogen) atoms. The number of aromatic nitrogens is 1. The molecule has 2 unspecified atom stereocenters. The van der Waals surface area contributed by atoms with Crippen molar-refractivity contribution < 1.29 is 22.3 Å². The summed E-state index contributed by atoms with van der Waals surface area (Å²) < 4.78 is 45.4. The molecular weight excluding hydrogens is 443 g/mol. The van der Waals surface area contributed by atoms with E-state index in [2.05, 4.69) is 9.71 Å². The molecule has 2 N–H and O–H groups in total. The Kier molecular flexibility index (Phi) is 5.84. The highest BCUT2D eigenvalue weighted by Gasteiger charge is 2.53. The molecule has 11 heteroatoms. The number of nitrogens with one attached hydrogen (secondary N) is 1. The first kappa shape index (κ1) is 21.8. The lowest BCUT2D eigenvalue weighted by Crippen LogP contribution is -2.49. The van der Waals surface area contributed by atoms with Crippen molar-refractivity contribution in [3.63, 3.8) is 0 Å². The minimum absolute atomic E-state index is 0.189. The van der Waals surface area contributed by atoms with Crippen LogP contribution >= 0.6 is 11.3 Å². The monoisotopic (exact) mass is 467 g/mol. The van der Waals surface area contributed by atoms with Crippen LogP contribution in [0, 0.1) is 18.7 Å². The van der Waals surface area contributed by atoms with E-state index in [-0.39, 0.29) is 23.9 Å². The second-order valence-corrected chi connectivity index (χ2v) is 10.5. The highest BCUT2D eigenvalue weighted by atomic mass is 32.2. The number of amidine groups is 1. The Morgan fingerprint density at radius 2 is 2.19 bits per heavy atom. The summed E-state index contributed by atoms with van der Waals surface area (Å²) in [5.41, 5.74) is 1.47. The number of aliphatic imine (C=N–C) groups is 1. The first-order valence-electron chi connectivity index (χ1n) is 9.75. The molecule has 1 fully saturated rings. The molecule has 8 nitrogen and oxygen atoms in total. The van der Waals surface area contributed by atoms with Crippen molar-refractivity contribution in [3.8, 4) is 0 Å². The summed E-state index contributed by atoms with van der Waals surface area (Å²) >= 11 is 1.43. The molecule has 4 rings (SSSR count). The van der Waals surface area contributed by atoms with Crippen molar-refractivity contribution in [2.45, 2.75) is 31.5 Å². The average Bonchev–Trinajstić information content (AvgIpc) is 3.34. The zero-order valence-electron chi connectivity index (χ0n) is 17.3. The van der Waals surface area contributed by atoms with Crippen LogP contribution in [0.3, 0.4) is 0 Å². The summed E-state index contributed by atoms with van der Waals surface area (Å²) in [7, 11) is -2.03. The van der Waals surface area contributed by atoms with Gasteiger partial charge >= 0.3 is 5.97 Å². The lowest BCUT2D eigenvalue weighted by atomic mass is 9.82. The summed E-state index contributed by atoms with van der Waals surface area (Å²) in [4.78, 5) is 22.0. The quantitative estimate of drug-likeness (QED) is 0.534. The van der Waals surface area contributed by atoms with Gasteiger partial charge in [0.05, 0.1) is 18.3 Å². The zero-order valence-corrected chi connectivity index (χ0v) is 19.0. The first-order chi connectivity index (χ1) is 14.7. The Morgan fingerprint density at radius 1 is 1.42 bits per heavy atom. The number of carbonyl (C=O) groups excluding carboxylic acids is 1. The Labute approximate surface area is 184 Å². The molecule has 1 saturated heterocycles. The molecule has 0 bridgehead atoms. The van der Waals surface area contributed by atoms with E-state index in [0.717, 1.165) is 11.8 Å². The number of halogens is 1. The maximum Gasteiger partial charge on any atom is 0.490 e. The van der Waals surface area contributed by atoms with Crippen molar-refractivity contribution >= 4 is 33.2 Å². The molecule has 3 heterocycles. The summed E-state index contributed by atoms with van der Waals surface area (Å²) in [5, 5.41) is 2.54. The number of rotatable bonds is 5. The van der Waals surface area contributed by atoms with Gasteiger partial charge in [-0.05, 0) is 36.6 Å². The van der Waals surface area contributed by atoms with Crippen LogP contribution in [0.15, 0.2) is 34.8 Å². The van der Waals surface area contributed by atoms with Crippen LogP contribution in [-0.4, -0.2) is 66.9 Å². The number of nitrogens with zero attached hydrogens (tertiary/aromatic N) is 3. The minimum atomic E-state index is -3.41. The number of hydrogen-bond donors (Lipinski definition) is 1. The second-order valence-electron chi connectivity index (χ2n) is 7.85. The third-order valence-electron chi connectivity index (χ3n) is 5.68. The molecule has 0 spiro atoms. The second kappa shape index (κ2) is 8.29. The number of benzene rings is 1. The molecule has 166 valence electrons. The normalized spacial score (nSPS) is 25.8. The summed E-state index contributed by atoms with van der Waals surface area (Å²) in [5.74, 6) is -0.473. The predicted molar refractivity (Wildman–Crippen MR) is 117 cm³/mol. The number of aryl methyl sites for hydroxylation is 1. The van der Waals surface area contributed by atoms with E-state index in [1.54, 1.807) is 19.2 Å². The molecule has 1 aromatic heterocycles. The van der Waals surface area contributed by atoms with Crippen LogP contribution in [0.5, 0.6) is 0 Å². The van der Waals surface area contributed by atoms with Crippen LogP contribution in [0.25, 0.3) is 0 Å². The van der Waals surface area contributed by atoms with E-state index in [4.69, 9.17) is 9.73 Å². The fraction of sp³-hybridized carbons (Fsp3) is 0.450. The summed E-state index contributed by atoms with van der Waals surface area (Å²) in [6.45, 7) is 2.19. The average molecular weight is 468 g/mol. The molecule has 2 aliphatic rings. The van der Waals surface area contributed by atoms with Gasteiger partial charge < -0.3 is 14.4 Å². The fourth-order valence-electron chi connectivity index (χ4n) is 4.52. The number of thiazole rings is 1. The van der Waals surface area contributed by atoms with Gasteiger partial charge in [-0.15, -0.1) is 11.3 Å². The van der Waals surface area contributed by atoms with Gasteiger partial charge in [0.1, 0.15) is 5.82 Å². The van der Waals surface area contributed by atoms with Crippen molar-refractivity contribution in [2.24, 2.45) is 10.9 Å². The summed E-state index contributed by atoms with van der Waals surface area (Å²) in [6, 6.07) is 3.29. The third-order valence-corrected chi connectivity index (χ3v) is 7.21. The highest BCUT2D eigenvalue weighted by Crippen LogP contribution is 2.42. The largest absolute Gasteiger partial charge is 0.490 e. The van der Waals surface area contributed by atoms with E-state index in [9.17, 15) is 17.6 Å². The maximum atomic E-state index is 13.8. The zero-order chi connectivity index (χ0) is 22.3. The molecule has 4 atom stereocenters. The van der Waals surface area contributed by atoms with Crippen molar-refractivity contribution in [2.75, 3.05) is 19.9 Å². The van der Waals surface area contributed by atoms with Gasteiger partial charge in [0.25, 0.3) is 0 Å². The predicted octanol–water partition coefficient (Wildman–Crippen LogP) is 1.85. The van der Waals surface area contributed by atoms with E-state index in [1.165, 1.54) is 30.6 Å². The van der Waals surface area contributed by atoms with Gasteiger partial charge in [0.2, 0.25) is 10.0 Å². The van der Waals surface area contributed by atoms with Crippen LogP contribution in [0.1, 0.15) is 28.6 Å². The van der Waals surface area contributed by atoms with Gasteiger partial charge in [-0.3, -0.25) is 4.99 Å². The molecule has 2 aliphatic heterocycles. The SMILES string of the molecule is COC(=[OH+])C1C2C[C@H](NS(C)(=O)=O)CN2C(c2nccs2)=N[C@H]1c1ccc(F)cc1C. The van der Waals surface area contributed by atoms with Crippen molar-refractivity contribution in [3.05, 3.63) is 51.7 Å². The van der Waals surface area contributed by atoms with Crippen molar-refractivity contribution in [1.29, 1.82) is 0 Å². The number of ether oxygens (including phenoxy) is 1. The minimum Gasteiger partial charge on any atom is -0.349 e. The van der Waals surface area contributed by atoms with E-state index in [1.807, 2.05) is 10.3 Å². The lowest BCUT2D eigenvalue weighted by Gasteiger charge is -2.38. The Hall–Kier alpha value is -2.37. The third kappa shape index (κ3) is 4.35. The van der Waals surface area contributed by atoms with Crippen molar-refractivity contribution in [1.82, 2.24) is 14.6 Å². The molecule has 0 saturated carbocycles. The highest BCUT2D eigenvalue weighted by molar-refractivity contribution is 7.88. The Bertz CT molecular complexity index is 1120. The first-order valence-corrected chi connectivity index (χ1v) is 12.5. The number of hydrogen-bond acceptors (Lipinski definition) is 7. The summed E-state index contributed by atoms with van der Waals surface area (Å²) in [6.07, 6.45) is 3.26. The lowest BCUT2D eigenvalue weighted by molar-refractivity contribution is 0.216. The fourth-order valence-corrected chi connectivity index (χ4v) is 5.94. The van der Waals surface area contributed by atoms with Crippen LogP contribution in [0.2, 0.25) is 0 Å². The van der Waals surface area contributed by atoms with Crippen LogP contribution < -0.4 is 4.72 Å². The Morgan fingerprint density at radius 3 is 2.81 bits per heavy atom. The van der Waals surface area contributed by atoms with Gasteiger partial charge in [-0.25, -0.2) is 22.5 Å². The molecule has 0 amide bonds. The number of sulfonamides is 1. The van der Waals surface area contributed by atoms with Crippen LogP contribution in [-0.2, 0) is 14.8 Å². The van der Waals surface area contributed by atoms with Gasteiger partial charge in [-0.1, -0.05) is 6.07 Å². The van der Waals surface area contributed by atoms with Gasteiger partial charge in [0, 0.05) is 24.2 Å². The van der Waals surface area contributed by atoms with Gasteiger partial charge in [-0.2, -0.15) is 0 Å². The maximum absolute atomic E-state index is 13.8. The van der Waals surface area contributed by atoms with E-state index >= 15 is 0 Å². The standard InChI is InChI=1S/C20H23FN4O4S2/c1-11-8-12(21)4-5-14(11)17-16(20(26)29-2)15-9-13(24-31(3,27)28)10-25(15)18(23-17)19-22-6-7-30-19/h4-8,13,15-17,24H,9-10H2,1-3H3/p+1/t13-,15?,16?,17-/m0/s1. The number of esters is 1. The van der Waals surface area contributed by atoms with Crippen LogP contribution in [0.4, 0.5) is 4.39 Å².